The average molecular weight is 265 g/mol. The zero-order valence-corrected chi connectivity index (χ0v) is 10.1. The Morgan fingerprint density at radius 3 is 3.05 bits per heavy atom. The first kappa shape index (κ1) is 13.0. The minimum absolute atomic E-state index is 0.0628. The number of methoxy groups -OCH3 is 1. The predicted molar refractivity (Wildman–Crippen MR) is 61.4 cm³/mol. The lowest BCUT2D eigenvalue weighted by atomic mass is 10.2. The number of hydrogen-bond acceptors (Lipinski definition) is 7. The van der Waals surface area contributed by atoms with E-state index < -0.39 is 12.6 Å². The van der Waals surface area contributed by atoms with Gasteiger partial charge in [-0.05, 0) is 6.07 Å². The summed E-state index contributed by atoms with van der Waals surface area (Å²) >= 11 is 0. The highest BCUT2D eigenvalue weighted by atomic mass is 16.5. The SMILES string of the molecule is COc1cnccc1-c1nnc(COCC(=O)O)o1. The van der Waals surface area contributed by atoms with E-state index >= 15 is 0 Å². The molecule has 0 aliphatic carbocycles. The second kappa shape index (κ2) is 5.91. The third kappa shape index (κ3) is 3.26. The number of carboxylic acid groups (broad SMARTS) is 1. The van der Waals surface area contributed by atoms with Crippen molar-refractivity contribution in [3.8, 4) is 17.2 Å². The Morgan fingerprint density at radius 2 is 2.32 bits per heavy atom. The maximum Gasteiger partial charge on any atom is 0.329 e. The van der Waals surface area contributed by atoms with E-state index in [9.17, 15) is 4.79 Å². The van der Waals surface area contributed by atoms with Crippen molar-refractivity contribution in [1.82, 2.24) is 15.2 Å². The van der Waals surface area contributed by atoms with Crippen molar-refractivity contribution in [3.05, 3.63) is 24.4 Å². The van der Waals surface area contributed by atoms with E-state index in [0.29, 0.717) is 11.3 Å². The number of carboxylic acids is 1. The summed E-state index contributed by atoms with van der Waals surface area (Å²) < 4.78 is 15.3. The molecule has 8 nitrogen and oxygen atoms in total. The smallest absolute Gasteiger partial charge is 0.329 e. The number of hydrogen-bond donors (Lipinski definition) is 1. The molecule has 0 saturated carbocycles. The van der Waals surface area contributed by atoms with Crippen LogP contribution in [0.15, 0.2) is 22.9 Å². The Hall–Kier alpha value is -2.48. The topological polar surface area (TPSA) is 108 Å². The molecule has 0 atom stereocenters. The zero-order chi connectivity index (χ0) is 13.7. The monoisotopic (exact) mass is 265 g/mol. The van der Waals surface area contributed by atoms with Gasteiger partial charge in [0.2, 0.25) is 5.89 Å². The molecule has 0 aliphatic heterocycles. The molecule has 1 N–H and O–H groups in total. The molecule has 0 spiro atoms. The van der Waals surface area contributed by atoms with E-state index in [-0.39, 0.29) is 18.4 Å². The van der Waals surface area contributed by atoms with Gasteiger partial charge in [-0.1, -0.05) is 0 Å². The van der Waals surface area contributed by atoms with Crippen molar-refractivity contribution >= 4 is 5.97 Å². The standard InChI is InChI=1S/C11H11N3O5/c1-17-8-4-12-3-2-7(8)11-14-13-9(19-11)5-18-6-10(15)16/h2-4H,5-6H2,1H3,(H,15,16). The second-order valence-electron chi connectivity index (χ2n) is 3.46. The summed E-state index contributed by atoms with van der Waals surface area (Å²) in [5, 5.41) is 16.0. The minimum atomic E-state index is -1.06. The molecule has 19 heavy (non-hydrogen) atoms. The molecule has 0 fully saturated rings. The van der Waals surface area contributed by atoms with Crippen LogP contribution in [0.3, 0.4) is 0 Å². The van der Waals surface area contributed by atoms with Crippen LogP contribution >= 0.6 is 0 Å². The molecular weight excluding hydrogens is 254 g/mol. The first-order valence-electron chi connectivity index (χ1n) is 5.31. The molecular formula is C11H11N3O5. The molecule has 2 heterocycles. The summed E-state index contributed by atoms with van der Waals surface area (Å²) in [6, 6.07) is 1.67. The van der Waals surface area contributed by atoms with Crippen LogP contribution in [0.2, 0.25) is 0 Å². The van der Waals surface area contributed by atoms with Gasteiger partial charge < -0.3 is 19.0 Å². The lowest BCUT2D eigenvalue weighted by molar-refractivity contribution is -0.142. The molecule has 2 aromatic heterocycles. The molecule has 2 rings (SSSR count). The van der Waals surface area contributed by atoms with Gasteiger partial charge >= 0.3 is 5.97 Å². The van der Waals surface area contributed by atoms with Crippen molar-refractivity contribution < 1.29 is 23.8 Å². The van der Waals surface area contributed by atoms with Crippen LogP contribution in [0.25, 0.3) is 11.5 Å². The number of carbonyl (C=O) groups is 1. The van der Waals surface area contributed by atoms with Gasteiger partial charge in [-0.3, -0.25) is 4.98 Å². The fraction of sp³-hybridized carbons (Fsp3) is 0.273. The van der Waals surface area contributed by atoms with Crippen LogP contribution in [-0.4, -0.2) is 40.0 Å². The molecule has 2 aromatic rings. The van der Waals surface area contributed by atoms with Gasteiger partial charge in [0.15, 0.2) is 0 Å². The molecule has 0 radical (unpaired) electrons. The van der Waals surface area contributed by atoms with E-state index in [1.54, 1.807) is 12.3 Å². The van der Waals surface area contributed by atoms with Crippen LogP contribution in [-0.2, 0) is 16.1 Å². The normalized spacial score (nSPS) is 10.4. The highest BCUT2D eigenvalue weighted by Crippen LogP contribution is 2.27. The Balaban J connectivity index is 2.10. The summed E-state index contributed by atoms with van der Waals surface area (Å²) in [5.74, 6) is -0.108. The van der Waals surface area contributed by atoms with Crippen LogP contribution in [0, 0.1) is 0 Å². The van der Waals surface area contributed by atoms with Crippen LogP contribution in [0.5, 0.6) is 5.75 Å². The molecule has 0 saturated heterocycles. The fourth-order valence-electron chi connectivity index (χ4n) is 1.37. The van der Waals surface area contributed by atoms with Gasteiger partial charge in [-0.25, -0.2) is 4.79 Å². The Labute approximate surface area is 108 Å². The van der Waals surface area contributed by atoms with Crippen LogP contribution in [0.4, 0.5) is 0 Å². The quantitative estimate of drug-likeness (QED) is 0.814. The summed E-state index contributed by atoms with van der Waals surface area (Å²) in [5.41, 5.74) is 0.606. The number of nitrogens with zero attached hydrogens (tertiary/aromatic N) is 3. The predicted octanol–water partition coefficient (Wildman–Crippen LogP) is 0.741. The average Bonchev–Trinajstić information content (AvgIpc) is 2.87. The van der Waals surface area contributed by atoms with E-state index in [0.717, 1.165) is 0 Å². The van der Waals surface area contributed by atoms with Gasteiger partial charge in [-0.15, -0.1) is 10.2 Å². The molecule has 0 bridgehead atoms. The van der Waals surface area contributed by atoms with Gasteiger partial charge in [0.1, 0.15) is 19.0 Å². The molecule has 0 aliphatic rings. The van der Waals surface area contributed by atoms with Crippen molar-refractivity contribution in [2.24, 2.45) is 0 Å². The largest absolute Gasteiger partial charge is 0.494 e. The van der Waals surface area contributed by atoms with E-state index in [1.807, 2.05) is 0 Å². The summed E-state index contributed by atoms with van der Waals surface area (Å²) in [4.78, 5) is 14.2. The van der Waals surface area contributed by atoms with Crippen LogP contribution in [0.1, 0.15) is 5.89 Å². The van der Waals surface area contributed by atoms with Gasteiger partial charge in [0.05, 0.1) is 18.9 Å². The maximum absolute atomic E-state index is 10.3. The second-order valence-corrected chi connectivity index (χ2v) is 3.46. The Kier molecular flexibility index (Phi) is 4.04. The summed E-state index contributed by atoms with van der Waals surface area (Å²) in [6.07, 6.45) is 3.10. The first-order chi connectivity index (χ1) is 9.20. The third-order valence-corrected chi connectivity index (χ3v) is 2.15. The van der Waals surface area contributed by atoms with E-state index in [1.165, 1.54) is 13.3 Å². The third-order valence-electron chi connectivity index (χ3n) is 2.15. The number of ether oxygens (including phenoxy) is 2. The van der Waals surface area contributed by atoms with Crippen molar-refractivity contribution in [1.29, 1.82) is 0 Å². The summed E-state index contributed by atoms with van der Waals surface area (Å²) in [7, 11) is 1.51. The number of aromatic nitrogens is 3. The number of rotatable bonds is 6. The summed E-state index contributed by atoms with van der Waals surface area (Å²) in [6.45, 7) is -0.483. The van der Waals surface area contributed by atoms with Crippen molar-refractivity contribution in [2.75, 3.05) is 13.7 Å². The maximum atomic E-state index is 10.3. The fourth-order valence-corrected chi connectivity index (χ4v) is 1.37. The highest BCUT2D eigenvalue weighted by Gasteiger charge is 2.13. The van der Waals surface area contributed by atoms with Crippen LogP contribution < -0.4 is 4.74 Å². The van der Waals surface area contributed by atoms with Crippen molar-refractivity contribution in [3.63, 3.8) is 0 Å². The number of pyridine rings is 1. The Bertz CT molecular complexity index is 569. The highest BCUT2D eigenvalue weighted by molar-refractivity contribution is 5.68. The van der Waals surface area contributed by atoms with Gasteiger partial charge in [0.25, 0.3) is 5.89 Å². The first-order valence-corrected chi connectivity index (χ1v) is 5.31. The molecule has 0 aromatic carbocycles. The van der Waals surface area contributed by atoms with Gasteiger partial charge in [0, 0.05) is 6.20 Å². The molecule has 0 unspecified atom stereocenters. The van der Waals surface area contributed by atoms with Gasteiger partial charge in [-0.2, -0.15) is 0 Å². The zero-order valence-electron chi connectivity index (χ0n) is 10.1. The lowest BCUT2D eigenvalue weighted by Gasteiger charge is -2.02. The van der Waals surface area contributed by atoms with Crippen molar-refractivity contribution in [2.45, 2.75) is 6.61 Å². The Morgan fingerprint density at radius 1 is 1.47 bits per heavy atom. The van der Waals surface area contributed by atoms with E-state index in [2.05, 4.69) is 15.2 Å². The molecule has 0 amide bonds. The molecule has 100 valence electrons. The van der Waals surface area contributed by atoms with E-state index in [4.69, 9.17) is 19.0 Å². The number of aliphatic carboxylic acids is 1. The lowest BCUT2D eigenvalue weighted by Crippen LogP contribution is -2.06. The minimum Gasteiger partial charge on any atom is -0.494 e. The molecule has 8 heteroatoms.